The predicted molar refractivity (Wildman–Crippen MR) is 279 cm³/mol. The molecular weight excluding hydrogens is 795 g/mol. The minimum absolute atomic E-state index is 0.510. The van der Waals surface area contributed by atoms with Crippen LogP contribution in [0.4, 0.5) is 17.1 Å². The van der Waals surface area contributed by atoms with E-state index in [1.54, 1.807) is 0 Å². The summed E-state index contributed by atoms with van der Waals surface area (Å²) in [6, 6.07) is 96.4. The number of rotatable bonds is 7. The molecule has 13 rings (SSSR count). The Kier molecular flexibility index (Phi) is 8.82. The summed E-state index contributed by atoms with van der Waals surface area (Å²) in [5, 5.41) is 10.1. The van der Waals surface area contributed by atoms with E-state index in [2.05, 4.69) is 266 Å². The second kappa shape index (κ2) is 15.3. The number of hydrogen-bond acceptors (Lipinski definition) is 1. The third-order valence-corrected chi connectivity index (χ3v) is 14.1. The fourth-order valence-corrected chi connectivity index (χ4v) is 11.2. The van der Waals surface area contributed by atoms with Gasteiger partial charge in [0.1, 0.15) is 0 Å². The highest BCUT2D eigenvalue weighted by Crippen LogP contribution is 2.59. The average molecular weight is 838 g/mol. The summed E-state index contributed by atoms with van der Waals surface area (Å²) in [5.74, 6) is 0. The molecule has 0 N–H and O–H groups in total. The molecule has 308 valence electrons. The number of fused-ring (bicyclic) bond motifs is 9. The summed E-state index contributed by atoms with van der Waals surface area (Å²) >= 11 is 0. The van der Waals surface area contributed by atoms with Crippen molar-refractivity contribution in [3.63, 3.8) is 0 Å². The molecule has 12 aromatic carbocycles. The number of anilines is 3. The minimum atomic E-state index is -0.510. The number of hydrogen-bond donors (Lipinski definition) is 0. The van der Waals surface area contributed by atoms with E-state index in [0.29, 0.717) is 0 Å². The van der Waals surface area contributed by atoms with Crippen molar-refractivity contribution >= 4 is 60.2 Å². The average Bonchev–Trinajstić information content (AvgIpc) is 3.71. The van der Waals surface area contributed by atoms with Gasteiger partial charge in [0, 0.05) is 16.9 Å². The molecule has 0 saturated carbocycles. The van der Waals surface area contributed by atoms with Crippen LogP contribution in [-0.4, -0.2) is 0 Å². The highest BCUT2D eigenvalue weighted by atomic mass is 15.1. The fourth-order valence-electron chi connectivity index (χ4n) is 11.2. The van der Waals surface area contributed by atoms with Crippen LogP contribution in [0.25, 0.3) is 76.5 Å². The van der Waals surface area contributed by atoms with Crippen LogP contribution in [0.2, 0.25) is 0 Å². The van der Waals surface area contributed by atoms with Gasteiger partial charge in [0.25, 0.3) is 0 Å². The standard InChI is InChI=1S/C65H43N/c1-3-17-50(18-4-1)65(51-19-5-2-6-20-51)61-26-12-11-23-60(61)64-62(65)27-14-28-63(64)66(52-37-31-44(32-38-52)48-36-41-57-49(43-48)30-29-45-15-7-9-21-54(45)57)53-39-33-47(34-40-53)56-24-13-25-58-55-22-10-8-16-46(55)35-42-59(56)58/h1-43H. The molecule has 0 saturated heterocycles. The molecule has 0 fully saturated rings. The first kappa shape index (κ1) is 38.0. The zero-order valence-electron chi connectivity index (χ0n) is 36.3. The van der Waals surface area contributed by atoms with Gasteiger partial charge in [-0.15, -0.1) is 0 Å². The summed E-state index contributed by atoms with van der Waals surface area (Å²) < 4.78 is 0. The van der Waals surface area contributed by atoms with Gasteiger partial charge in [0.05, 0.1) is 11.1 Å². The van der Waals surface area contributed by atoms with Gasteiger partial charge in [-0.25, -0.2) is 0 Å². The smallest absolute Gasteiger partial charge is 0.0714 e. The van der Waals surface area contributed by atoms with Crippen LogP contribution in [0, 0.1) is 0 Å². The van der Waals surface area contributed by atoms with E-state index in [9.17, 15) is 0 Å². The summed E-state index contributed by atoms with van der Waals surface area (Å²) in [6.07, 6.45) is 0. The lowest BCUT2D eigenvalue weighted by molar-refractivity contribution is 0.768. The van der Waals surface area contributed by atoms with Crippen LogP contribution in [-0.2, 0) is 5.41 Å². The first-order valence-corrected chi connectivity index (χ1v) is 22.9. The Labute approximate surface area is 385 Å². The maximum atomic E-state index is 2.47. The van der Waals surface area contributed by atoms with Crippen molar-refractivity contribution in [3.8, 4) is 33.4 Å². The fraction of sp³-hybridized carbons (Fsp3) is 0.0154. The molecule has 1 nitrogen and oxygen atoms in total. The highest BCUT2D eigenvalue weighted by Gasteiger charge is 2.47. The molecule has 0 bridgehead atoms. The van der Waals surface area contributed by atoms with E-state index in [1.165, 1.54) is 98.7 Å². The molecule has 1 heteroatoms. The number of benzene rings is 12. The van der Waals surface area contributed by atoms with Crippen molar-refractivity contribution in [2.75, 3.05) is 4.90 Å². The lowest BCUT2D eigenvalue weighted by Gasteiger charge is -2.34. The van der Waals surface area contributed by atoms with Crippen LogP contribution in [0.1, 0.15) is 22.3 Å². The van der Waals surface area contributed by atoms with Crippen molar-refractivity contribution in [3.05, 3.63) is 283 Å². The summed E-state index contributed by atoms with van der Waals surface area (Å²) in [7, 11) is 0. The zero-order valence-corrected chi connectivity index (χ0v) is 36.3. The van der Waals surface area contributed by atoms with Gasteiger partial charge in [-0.2, -0.15) is 0 Å². The topological polar surface area (TPSA) is 3.24 Å². The maximum Gasteiger partial charge on any atom is 0.0714 e. The third-order valence-electron chi connectivity index (χ3n) is 14.1. The van der Waals surface area contributed by atoms with Crippen LogP contribution in [0.15, 0.2) is 261 Å². The van der Waals surface area contributed by atoms with Gasteiger partial charge < -0.3 is 4.90 Å². The van der Waals surface area contributed by atoms with E-state index in [4.69, 9.17) is 0 Å². The Hall–Kier alpha value is -8.52. The molecule has 0 spiro atoms. The molecule has 0 radical (unpaired) electrons. The molecule has 66 heavy (non-hydrogen) atoms. The molecule has 0 amide bonds. The van der Waals surface area contributed by atoms with Crippen molar-refractivity contribution < 1.29 is 0 Å². The second-order valence-corrected chi connectivity index (χ2v) is 17.6. The van der Waals surface area contributed by atoms with Crippen LogP contribution in [0.5, 0.6) is 0 Å². The third kappa shape index (κ3) is 5.87. The van der Waals surface area contributed by atoms with Gasteiger partial charge in [-0.3, -0.25) is 0 Å². The second-order valence-electron chi connectivity index (χ2n) is 17.6. The van der Waals surface area contributed by atoms with Crippen molar-refractivity contribution in [1.82, 2.24) is 0 Å². The quantitative estimate of drug-likeness (QED) is 0.145. The molecule has 1 aliphatic rings. The first-order chi connectivity index (χ1) is 32.7. The van der Waals surface area contributed by atoms with Crippen LogP contribution >= 0.6 is 0 Å². The SMILES string of the molecule is c1ccc(C2(c3ccccc3)c3ccccc3-c3c(N(c4ccc(-c5ccc6c(ccc7ccccc76)c5)cc4)c4ccc(-c5cccc6c5ccc5ccccc56)cc4)cccc32)cc1. The summed E-state index contributed by atoms with van der Waals surface area (Å²) in [6.45, 7) is 0. The van der Waals surface area contributed by atoms with Crippen LogP contribution < -0.4 is 4.90 Å². The normalized spacial score (nSPS) is 12.7. The summed E-state index contributed by atoms with van der Waals surface area (Å²) in [4.78, 5) is 2.47. The first-order valence-electron chi connectivity index (χ1n) is 22.9. The molecule has 0 unspecified atom stereocenters. The van der Waals surface area contributed by atoms with Crippen molar-refractivity contribution in [2.24, 2.45) is 0 Å². The van der Waals surface area contributed by atoms with Gasteiger partial charge in [0.2, 0.25) is 0 Å². The Bertz CT molecular complexity index is 3750. The molecule has 12 aromatic rings. The maximum absolute atomic E-state index is 2.47. The zero-order chi connectivity index (χ0) is 43.6. The minimum Gasteiger partial charge on any atom is -0.310 e. The molecule has 0 atom stereocenters. The van der Waals surface area contributed by atoms with E-state index in [0.717, 1.165) is 17.1 Å². The van der Waals surface area contributed by atoms with Gasteiger partial charge in [-0.1, -0.05) is 224 Å². The van der Waals surface area contributed by atoms with Gasteiger partial charge >= 0.3 is 0 Å². The molecule has 0 heterocycles. The number of nitrogens with zero attached hydrogens (tertiary/aromatic N) is 1. The van der Waals surface area contributed by atoms with E-state index >= 15 is 0 Å². The van der Waals surface area contributed by atoms with Crippen molar-refractivity contribution in [2.45, 2.75) is 5.41 Å². The predicted octanol–water partition coefficient (Wildman–Crippen LogP) is 17.5. The van der Waals surface area contributed by atoms with Crippen molar-refractivity contribution in [1.29, 1.82) is 0 Å². The highest BCUT2D eigenvalue weighted by molar-refractivity contribution is 6.12. The molecule has 1 aliphatic carbocycles. The van der Waals surface area contributed by atoms with E-state index < -0.39 is 5.41 Å². The lowest BCUT2D eigenvalue weighted by atomic mass is 9.68. The Morgan fingerprint density at radius 3 is 1.47 bits per heavy atom. The Morgan fingerprint density at radius 1 is 0.273 bits per heavy atom. The van der Waals surface area contributed by atoms with Gasteiger partial charge in [0.15, 0.2) is 0 Å². The largest absolute Gasteiger partial charge is 0.310 e. The van der Waals surface area contributed by atoms with Crippen LogP contribution in [0.3, 0.4) is 0 Å². The summed E-state index contributed by atoms with van der Waals surface area (Å²) in [5.41, 5.74) is 15.2. The van der Waals surface area contributed by atoms with E-state index in [-0.39, 0.29) is 0 Å². The Balaban J connectivity index is 0.995. The molecular formula is C65H43N. The van der Waals surface area contributed by atoms with Gasteiger partial charge in [-0.05, 0) is 130 Å². The lowest BCUT2D eigenvalue weighted by Crippen LogP contribution is -2.28. The molecule has 0 aromatic heterocycles. The monoisotopic (exact) mass is 837 g/mol. The van der Waals surface area contributed by atoms with E-state index in [1.807, 2.05) is 0 Å². The Morgan fingerprint density at radius 2 is 0.758 bits per heavy atom. The molecule has 0 aliphatic heterocycles.